The molecule has 2 rings (SSSR count). The van der Waals surface area contributed by atoms with Gasteiger partial charge in [0.05, 0.1) is 5.52 Å². The van der Waals surface area contributed by atoms with Crippen LogP contribution in [0, 0.1) is 12.3 Å². The number of azo groups is 1. The van der Waals surface area contributed by atoms with Crippen molar-refractivity contribution in [1.29, 1.82) is 5.41 Å². The number of H-pyrrole nitrogens is 1. The number of nitrogens with zero attached hydrogens (tertiary/aromatic N) is 2. The number of fused-ring (bicyclic) bond motifs is 1. The molecular weight excluding hydrogens is 206 g/mol. The fourth-order valence-corrected chi connectivity index (χ4v) is 1.54. The highest BCUT2D eigenvalue weighted by molar-refractivity contribution is 5.96. The van der Waals surface area contributed by atoms with E-state index in [1.807, 2.05) is 25.1 Å². The van der Waals surface area contributed by atoms with Crippen molar-refractivity contribution < 1.29 is 5.11 Å². The van der Waals surface area contributed by atoms with E-state index >= 15 is 0 Å². The van der Waals surface area contributed by atoms with E-state index < -0.39 is 5.96 Å². The van der Waals surface area contributed by atoms with Crippen LogP contribution in [0.4, 0.5) is 5.69 Å². The van der Waals surface area contributed by atoms with Crippen molar-refractivity contribution in [2.24, 2.45) is 16.0 Å². The summed E-state index contributed by atoms with van der Waals surface area (Å²) < 4.78 is 0. The van der Waals surface area contributed by atoms with Gasteiger partial charge in [0, 0.05) is 5.39 Å². The lowest BCUT2D eigenvalue weighted by Crippen LogP contribution is -2.03. The zero-order valence-electron chi connectivity index (χ0n) is 8.65. The molecule has 0 saturated heterocycles. The van der Waals surface area contributed by atoms with E-state index in [9.17, 15) is 5.11 Å². The topological polar surface area (TPSA) is 111 Å². The molecule has 2 aromatic rings. The third-order valence-electron chi connectivity index (χ3n) is 2.25. The first-order valence-electron chi connectivity index (χ1n) is 4.65. The maximum Gasteiger partial charge on any atom is 0.232 e. The molecule has 0 bridgehead atoms. The van der Waals surface area contributed by atoms with Crippen LogP contribution in [0.1, 0.15) is 5.56 Å². The van der Waals surface area contributed by atoms with Gasteiger partial charge in [-0.1, -0.05) is 18.2 Å². The Kier molecular flexibility index (Phi) is 2.32. The summed E-state index contributed by atoms with van der Waals surface area (Å²) in [5.74, 6) is -0.476. The number of rotatable bonds is 1. The molecule has 0 spiro atoms. The maximum absolute atomic E-state index is 9.65. The number of aryl methyl sites for hydroxylation is 1. The normalized spacial score (nSPS) is 11.3. The predicted octanol–water partition coefficient (Wildman–Crippen LogP) is 2.16. The summed E-state index contributed by atoms with van der Waals surface area (Å²) in [5, 5.41) is 24.5. The number of hydrogen-bond acceptors (Lipinski definition) is 3. The van der Waals surface area contributed by atoms with Crippen LogP contribution in [0.25, 0.3) is 10.9 Å². The van der Waals surface area contributed by atoms with Crippen LogP contribution in [0.15, 0.2) is 28.4 Å². The first-order chi connectivity index (χ1) is 7.59. The van der Waals surface area contributed by atoms with Crippen LogP contribution in [0.5, 0.6) is 5.88 Å². The highest BCUT2D eigenvalue weighted by atomic mass is 16.3. The summed E-state index contributed by atoms with van der Waals surface area (Å²) in [7, 11) is 0. The van der Waals surface area contributed by atoms with E-state index in [0.29, 0.717) is 5.69 Å². The van der Waals surface area contributed by atoms with Crippen molar-refractivity contribution in [3.8, 4) is 5.88 Å². The SMILES string of the molecule is Cc1cccc2c(N=NC(=N)N)c(O)[nH]c12. The minimum absolute atomic E-state index is 0.0747. The quantitative estimate of drug-likeness (QED) is 0.333. The van der Waals surface area contributed by atoms with Crippen molar-refractivity contribution in [1.82, 2.24) is 4.98 Å². The molecule has 0 radical (unpaired) electrons. The van der Waals surface area contributed by atoms with E-state index in [-0.39, 0.29) is 5.88 Å². The van der Waals surface area contributed by atoms with E-state index in [0.717, 1.165) is 16.5 Å². The number of para-hydroxylation sites is 1. The lowest BCUT2D eigenvalue weighted by Gasteiger charge is -1.93. The maximum atomic E-state index is 9.65. The van der Waals surface area contributed by atoms with Gasteiger partial charge < -0.3 is 15.8 Å². The van der Waals surface area contributed by atoms with Crippen LogP contribution in [0.3, 0.4) is 0 Å². The van der Waals surface area contributed by atoms with Crippen LogP contribution in [-0.4, -0.2) is 16.1 Å². The van der Waals surface area contributed by atoms with Gasteiger partial charge in [0.2, 0.25) is 11.8 Å². The van der Waals surface area contributed by atoms with Crippen LogP contribution in [-0.2, 0) is 0 Å². The number of aromatic nitrogens is 1. The zero-order chi connectivity index (χ0) is 11.7. The van der Waals surface area contributed by atoms with E-state index in [1.165, 1.54) is 0 Å². The lowest BCUT2D eigenvalue weighted by molar-refractivity contribution is 0.459. The van der Waals surface area contributed by atoms with E-state index in [2.05, 4.69) is 15.2 Å². The minimum Gasteiger partial charge on any atom is -0.493 e. The monoisotopic (exact) mass is 217 g/mol. The molecule has 0 unspecified atom stereocenters. The Labute approximate surface area is 91.3 Å². The number of nitrogens with two attached hydrogens (primary N) is 1. The molecule has 0 amide bonds. The standard InChI is InChI=1S/C10H11N5O/c1-5-3-2-4-6-7(5)13-9(16)8(6)14-15-10(11)12/h2-4,13,16H,1H3,(H3,11,12). The number of hydrogen-bond donors (Lipinski definition) is 4. The Hall–Kier alpha value is -2.37. The van der Waals surface area contributed by atoms with E-state index in [4.69, 9.17) is 11.1 Å². The Morgan fingerprint density at radius 2 is 2.25 bits per heavy atom. The predicted molar refractivity (Wildman–Crippen MR) is 61.1 cm³/mol. The third-order valence-corrected chi connectivity index (χ3v) is 2.25. The van der Waals surface area contributed by atoms with Crippen molar-refractivity contribution >= 4 is 22.5 Å². The molecule has 16 heavy (non-hydrogen) atoms. The number of aromatic hydroxyl groups is 1. The first-order valence-corrected chi connectivity index (χ1v) is 4.65. The van der Waals surface area contributed by atoms with Gasteiger partial charge in [-0.25, -0.2) is 0 Å². The first kappa shape index (κ1) is 10.2. The highest BCUT2D eigenvalue weighted by Gasteiger charge is 2.11. The Morgan fingerprint density at radius 1 is 1.50 bits per heavy atom. The molecule has 0 atom stereocenters. The summed E-state index contributed by atoms with van der Waals surface area (Å²) >= 11 is 0. The van der Waals surface area contributed by atoms with Crippen molar-refractivity contribution in [2.45, 2.75) is 6.92 Å². The molecule has 1 aromatic heterocycles. The number of benzene rings is 1. The molecule has 6 heteroatoms. The molecule has 0 saturated carbocycles. The summed E-state index contributed by atoms with van der Waals surface area (Å²) in [6, 6.07) is 5.59. The van der Waals surface area contributed by atoms with Gasteiger partial charge in [-0.05, 0) is 12.5 Å². The molecule has 82 valence electrons. The average molecular weight is 217 g/mol. The van der Waals surface area contributed by atoms with Gasteiger partial charge in [-0.15, -0.1) is 10.2 Å². The fraction of sp³-hybridized carbons (Fsp3) is 0.100. The molecule has 0 fully saturated rings. The molecule has 0 aliphatic heterocycles. The van der Waals surface area contributed by atoms with Crippen LogP contribution < -0.4 is 5.73 Å². The lowest BCUT2D eigenvalue weighted by atomic mass is 10.1. The Morgan fingerprint density at radius 3 is 2.94 bits per heavy atom. The van der Waals surface area contributed by atoms with Gasteiger partial charge in [0.15, 0.2) is 5.69 Å². The second-order valence-electron chi connectivity index (χ2n) is 3.40. The van der Waals surface area contributed by atoms with Crippen molar-refractivity contribution in [3.63, 3.8) is 0 Å². The van der Waals surface area contributed by atoms with Gasteiger partial charge in [-0.3, -0.25) is 5.41 Å². The molecule has 1 aromatic carbocycles. The third kappa shape index (κ3) is 1.60. The number of nitrogens with one attached hydrogen (secondary N) is 2. The number of guanidine groups is 1. The highest BCUT2D eigenvalue weighted by Crippen LogP contribution is 2.36. The zero-order valence-corrected chi connectivity index (χ0v) is 8.65. The second kappa shape index (κ2) is 3.65. The van der Waals surface area contributed by atoms with E-state index in [1.54, 1.807) is 0 Å². The molecule has 0 aliphatic rings. The largest absolute Gasteiger partial charge is 0.493 e. The summed E-state index contributed by atoms with van der Waals surface area (Å²) in [6.45, 7) is 1.92. The summed E-state index contributed by atoms with van der Waals surface area (Å²) in [4.78, 5) is 2.81. The smallest absolute Gasteiger partial charge is 0.232 e. The molecular formula is C10H11N5O. The van der Waals surface area contributed by atoms with Crippen molar-refractivity contribution in [3.05, 3.63) is 23.8 Å². The Balaban J connectivity index is 2.65. The molecule has 0 aliphatic carbocycles. The minimum atomic E-state index is -0.401. The number of aromatic amines is 1. The van der Waals surface area contributed by atoms with Crippen LogP contribution >= 0.6 is 0 Å². The van der Waals surface area contributed by atoms with Gasteiger partial charge in [0.25, 0.3) is 0 Å². The van der Waals surface area contributed by atoms with Crippen LogP contribution in [0.2, 0.25) is 0 Å². The molecule has 6 nitrogen and oxygen atoms in total. The molecule has 1 heterocycles. The summed E-state index contributed by atoms with van der Waals surface area (Å²) in [5.41, 5.74) is 7.16. The van der Waals surface area contributed by atoms with Gasteiger partial charge in [0.1, 0.15) is 0 Å². The average Bonchev–Trinajstić information content (AvgIpc) is 2.53. The molecule has 5 N–H and O–H groups in total. The van der Waals surface area contributed by atoms with Gasteiger partial charge in [-0.2, -0.15) is 0 Å². The van der Waals surface area contributed by atoms with Gasteiger partial charge >= 0.3 is 0 Å². The van der Waals surface area contributed by atoms with Crippen molar-refractivity contribution in [2.75, 3.05) is 0 Å². The summed E-state index contributed by atoms with van der Waals surface area (Å²) in [6.07, 6.45) is 0. The fourth-order valence-electron chi connectivity index (χ4n) is 1.54. The Bertz CT molecular complexity index is 584. The second-order valence-corrected chi connectivity index (χ2v) is 3.40.